The summed E-state index contributed by atoms with van der Waals surface area (Å²) >= 11 is 0. The van der Waals surface area contributed by atoms with Crippen LogP contribution in [-0.4, -0.2) is 49.1 Å². The van der Waals surface area contributed by atoms with Crippen molar-refractivity contribution in [2.24, 2.45) is 35.0 Å². The Morgan fingerprint density at radius 2 is 1.90 bits per heavy atom. The van der Waals surface area contributed by atoms with E-state index < -0.39 is 34.2 Å². The number of aliphatic hydroxyl groups is 5. The Bertz CT molecular complexity index is 886. The number of aliphatic hydroxyl groups excluding tert-OH is 3. The maximum absolute atomic E-state index is 12.9. The van der Waals surface area contributed by atoms with Crippen LogP contribution in [0.5, 0.6) is 0 Å². The molecule has 0 radical (unpaired) electrons. The lowest BCUT2D eigenvalue weighted by molar-refractivity contribution is -0.168. The summed E-state index contributed by atoms with van der Waals surface area (Å²) in [5.74, 6) is -1.93. The van der Waals surface area contributed by atoms with Crippen molar-refractivity contribution in [2.75, 3.05) is 6.61 Å². The molecule has 0 aromatic heterocycles. The van der Waals surface area contributed by atoms with Crippen LogP contribution in [0.3, 0.4) is 0 Å². The van der Waals surface area contributed by atoms with Gasteiger partial charge in [-0.3, -0.25) is 4.79 Å². The Kier molecular flexibility index (Phi) is 5.23. The van der Waals surface area contributed by atoms with E-state index in [1.165, 1.54) is 0 Å². The lowest BCUT2D eigenvalue weighted by Crippen LogP contribution is -2.59. The summed E-state index contributed by atoms with van der Waals surface area (Å²) in [6.45, 7) is 7.25. The lowest BCUT2D eigenvalue weighted by Gasteiger charge is -2.49. The van der Waals surface area contributed by atoms with E-state index in [0.717, 1.165) is 12.8 Å². The van der Waals surface area contributed by atoms with E-state index in [1.807, 2.05) is 26.8 Å². The van der Waals surface area contributed by atoms with Gasteiger partial charge >= 0.3 is 0 Å². The van der Waals surface area contributed by atoms with Crippen LogP contribution in [0.1, 0.15) is 59.8 Å². The molecule has 2 saturated carbocycles. The van der Waals surface area contributed by atoms with E-state index in [1.54, 1.807) is 13.0 Å². The van der Waals surface area contributed by atoms with Gasteiger partial charge in [0.05, 0.1) is 12.2 Å². The van der Waals surface area contributed by atoms with Crippen LogP contribution in [-0.2, 0) is 4.79 Å². The van der Waals surface area contributed by atoms with Crippen molar-refractivity contribution in [3.63, 3.8) is 0 Å². The molecule has 4 rings (SSSR count). The number of Topliss-reactive ketones (excluding diaryl/α,β-unsaturated/α-hetero) is 1. The Labute approximate surface area is 184 Å². The molecule has 2 fully saturated rings. The number of carbonyl (C=O) groups is 1. The zero-order valence-electron chi connectivity index (χ0n) is 18.9. The molecule has 4 aliphatic carbocycles. The standard InChI is InChI=1S/C25H36O6/c1-5-6-7-18(27)22(29)23(4)16-9-14(3)25(31)17(20(16)23)10-15(12-26)11-24(30)19(25)8-13(2)21(24)28/h8,10,14,16-17,19-20,26-27,29-31H,5-7,9,11-12H2,1-4H3/b22-18-/t14-,16?,17+,19-,20-,23?,24-,25-/m1/s1. The number of hydrogen-bond acceptors (Lipinski definition) is 6. The van der Waals surface area contributed by atoms with Gasteiger partial charge in [-0.25, -0.2) is 0 Å². The summed E-state index contributed by atoms with van der Waals surface area (Å²) < 4.78 is 0. The fourth-order valence-electron chi connectivity index (χ4n) is 7.12. The highest BCUT2D eigenvalue weighted by atomic mass is 16.3. The molecule has 6 heteroatoms. The van der Waals surface area contributed by atoms with Gasteiger partial charge in [0.15, 0.2) is 5.78 Å². The third-order valence-corrected chi connectivity index (χ3v) is 8.95. The van der Waals surface area contributed by atoms with E-state index in [4.69, 9.17) is 0 Å². The molecule has 4 aliphatic rings. The van der Waals surface area contributed by atoms with Gasteiger partial charge in [-0.15, -0.1) is 0 Å². The molecular formula is C25H36O6. The van der Waals surface area contributed by atoms with E-state index in [9.17, 15) is 30.3 Å². The highest BCUT2D eigenvalue weighted by molar-refractivity contribution is 6.04. The van der Waals surface area contributed by atoms with E-state index in [2.05, 4.69) is 0 Å². The second kappa shape index (κ2) is 7.19. The number of rotatable bonds is 5. The third-order valence-electron chi connectivity index (χ3n) is 8.95. The first-order valence-corrected chi connectivity index (χ1v) is 11.6. The molecule has 0 amide bonds. The van der Waals surface area contributed by atoms with Gasteiger partial charge in [0.1, 0.15) is 17.1 Å². The Morgan fingerprint density at radius 1 is 1.23 bits per heavy atom. The summed E-state index contributed by atoms with van der Waals surface area (Å²) in [6.07, 6.45) is 6.25. The SMILES string of the molecule is CCCC/C(O)=C(/O)C1(C)C2C[C@@H](C)[C@@]3(O)[C@@H](C=C(CO)C[C@]4(O)C(=O)C(C)=C[C@@H]34)[C@@H]21. The van der Waals surface area contributed by atoms with Crippen LogP contribution in [0.25, 0.3) is 0 Å². The summed E-state index contributed by atoms with van der Waals surface area (Å²) in [7, 11) is 0. The van der Waals surface area contributed by atoms with E-state index in [-0.39, 0.29) is 42.3 Å². The monoisotopic (exact) mass is 432 g/mol. The fourth-order valence-corrected chi connectivity index (χ4v) is 7.12. The highest BCUT2D eigenvalue weighted by Gasteiger charge is 2.76. The zero-order valence-corrected chi connectivity index (χ0v) is 18.9. The van der Waals surface area contributed by atoms with Crippen LogP contribution in [0.2, 0.25) is 0 Å². The van der Waals surface area contributed by atoms with Crippen molar-refractivity contribution in [1.29, 1.82) is 0 Å². The van der Waals surface area contributed by atoms with Crippen LogP contribution in [0.4, 0.5) is 0 Å². The van der Waals surface area contributed by atoms with Gasteiger partial charge in [0.25, 0.3) is 0 Å². The number of carbonyl (C=O) groups excluding carboxylic acids is 1. The predicted octanol–water partition coefficient (Wildman–Crippen LogP) is 3.34. The minimum atomic E-state index is -1.77. The van der Waals surface area contributed by atoms with E-state index >= 15 is 0 Å². The first kappa shape index (κ1) is 22.6. The van der Waals surface area contributed by atoms with Gasteiger partial charge in [-0.05, 0) is 48.7 Å². The number of fused-ring (bicyclic) bond motifs is 5. The molecule has 5 N–H and O–H groups in total. The molecule has 0 saturated heterocycles. The molecule has 0 aliphatic heterocycles. The van der Waals surface area contributed by atoms with Gasteiger partial charge in [0.2, 0.25) is 0 Å². The first-order valence-electron chi connectivity index (χ1n) is 11.6. The van der Waals surface area contributed by atoms with Crippen molar-refractivity contribution in [2.45, 2.75) is 71.0 Å². The summed E-state index contributed by atoms with van der Waals surface area (Å²) in [6, 6.07) is 0. The second-order valence-corrected chi connectivity index (χ2v) is 10.6. The minimum Gasteiger partial charge on any atom is -0.509 e. The number of hydrogen-bond donors (Lipinski definition) is 5. The van der Waals surface area contributed by atoms with Gasteiger partial charge in [-0.2, -0.15) is 0 Å². The summed E-state index contributed by atoms with van der Waals surface area (Å²) in [5, 5.41) is 55.2. The fraction of sp³-hybridized carbons (Fsp3) is 0.720. The summed E-state index contributed by atoms with van der Waals surface area (Å²) in [5.41, 5.74) is -2.87. The lowest BCUT2D eigenvalue weighted by atomic mass is 9.60. The van der Waals surface area contributed by atoms with E-state index in [0.29, 0.717) is 24.0 Å². The summed E-state index contributed by atoms with van der Waals surface area (Å²) in [4.78, 5) is 12.9. The molecule has 0 bridgehead atoms. The van der Waals surface area contributed by atoms with Crippen LogP contribution < -0.4 is 0 Å². The second-order valence-electron chi connectivity index (χ2n) is 10.6. The molecule has 2 unspecified atom stereocenters. The molecule has 0 spiro atoms. The average Bonchev–Trinajstić information content (AvgIpc) is 3.29. The van der Waals surface area contributed by atoms with Crippen molar-refractivity contribution in [1.82, 2.24) is 0 Å². The zero-order chi connectivity index (χ0) is 22.9. The molecule has 0 aromatic carbocycles. The molecule has 8 atom stereocenters. The normalized spacial score (nSPS) is 46.8. The maximum Gasteiger partial charge on any atom is 0.190 e. The topological polar surface area (TPSA) is 118 Å². The van der Waals surface area contributed by atoms with Gasteiger partial charge in [0, 0.05) is 30.1 Å². The quantitative estimate of drug-likeness (QED) is 0.336. The molecule has 6 nitrogen and oxygen atoms in total. The predicted molar refractivity (Wildman–Crippen MR) is 116 cm³/mol. The average molecular weight is 433 g/mol. The smallest absolute Gasteiger partial charge is 0.190 e. The number of unbranched alkanes of at least 4 members (excludes halogenated alkanes) is 1. The highest BCUT2D eigenvalue weighted by Crippen LogP contribution is 2.75. The molecule has 0 heterocycles. The Balaban J connectivity index is 1.81. The van der Waals surface area contributed by atoms with Crippen LogP contribution in [0, 0.1) is 35.0 Å². The Hall–Kier alpha value is -1.63. The van der Waals surface area contributed by atoms with Crippen molar-refractivity contribution >= 4 is 5.78 Å². The molecule has 31 heavy (non-hydrogen) atoms. The molecule has 0 aromatic rings. The van der Waals surface area contributed by atoms with Crippen LogP contribution >= 0.6 is 0 Å². The number of allylic oxidation sites excluding steroid dienone is 2. The molecule has 172 valence electrons. The molecular weight excluding hydrogens is 396 g/mol. The maximum atomic E-state index is 12.9. The van der Waals surface area contributed by atoms with Crippen molar-refractivity contribution < 1.29 is 30.3 Å². The van der Waals surface area contributed by atoms with Crippen molar-refractivity contribution in [3.05, 3.63) is 34.8 Å². The van der Waals surface area contributed by atoms with Crippen LogP contribution in [0.15, 0.2) is 34.8 Å². The Morgan fingerprint density at radius 3 is 2.52 bits per heavy atom. The first-order chi connectivity index (χ1) is 14.5. The minimum absolute atomic E-state index is 0.0000723. The number of ketones is 1. The largest absolute Gasteiger partial charge is 0.509 e. The van der Waals surface area contributed by atoms with Crippen molar-refractivity contribution in [3.8, 4) is 0 Å². The third kappa shape index (κ3) is 2.84. The van der Waals surface area contributed by atoms with Gasteiger partial charge < -0.3 is 25.5 Å². The van der Waals surface area contributed by atoms with Gasteiger partial charge in [-0.1, -0.05) is 39.3 Å².